The van der Waals surface area contributed by atoms with E-state index in [4.69, 9.17) is 9.84 Å². The van der Waals surface area contributed by atoms with Gasteiger partial charge in [0.1, 0.15) is 0 Å². The van der Waals surface area contributed by atoms with Crippen LogP contribution in [0.2, 0.25) is 0 Å². The highest BCUT2D eigenvalue weighted by molar-refractivity contribution is 5.69. The van der Waals surface area contributed by atoms with Gasteiger partial charge in [0.25, 0.3) is 0 Å². The van der Waals surface area contributed by atoms with Gasteiger partial charge in [-0.2, -0.15) is 0 Å². The molecule has 4 nitrogen and oxygen atoms in total. The highest BCUT2D eigenvalue weighted by atomic mass is 16.5. The molecule has 0 aromatic carbocycles. The van der Waals surface area contributed by atoms with E-state index in [1.54, 1.807) is 14.0 Å². The molecule has 1 saturated carbocycles. The molecule has 0 amide bonds. The van der Waals surface area contributed by atoms with E-state index in [0.29, 0.717) is 12.0 Å². The Morgan fingerprint density at radius 3 is 2.73 bits per heavy atom. The normalized spacial score (nSPS) is 19.9. The first kappa shape index (κ1) is 12.5. The third kappa shape index (κ3) is 4.18. The van der Waals surface area contributed by atoms with Crippen LogP contribution >= 0.6 is 0 Å². The third-order valence-electron chi connectivity index (χ3n) is 3.17. The van der Waals surface area contributed by atoms with E-state index in [1.807, 2.05) is 0 Å². The highest BCUT2D eigenvalue weighted by Gasteiger charge is 2.41. The van der Waals surface area contributed by atoms with Crippen LogP contribution in [-0.4, -0.2) is 37.9 Å². The van der Waals surface area contributed by atoms with Crippen LogP contribution in [0.5, 0.6) is 0 Å². The van der Waals surface area contributed by atoms with Crippen LogP contribution in [0.1, 0.15) is 26.2 Å². The fourth-order valence-corrected chi connectivity index (χ4v) is 1.65. The predicted molar refractivity (Wildman–Crippen MR) is 57.8 cm³/mol. The molecule has 15 heavy (non-hydrogen) atoms. The molecule has 88 valence electrons. The second kappa shape index (κ2) is 5.47. The Balaban J connectivity index is 2.11. The van der Waals surface area contributed by atoms with Gasteiger partial charge in [-0.3, -0.25) is 4.79 Å². The van der Waals surface area contributed by atoms with Crippen molar-refractivity contribution in [1.29, 1.82) is 0 Å². The Labute approximate surface area is 91.0 Å². The Bertz CT molecular complexity index is 214. The first-order chi connectivity index (χ1) is 7.09. The van der Waals surface area contributed by atoms with Crippen LogP contribution in [0, 0.1) is 11.3 Å². The van der Waals surface area contributed by atoms with Crippen molar-refractivity contribution in [3.63, 3.8) is 0 Å². The molecule has 1 aliphatic rings. The molecule has 0 radical (unpaired) electrons. The molecule has 1 atom stereocenters. The van der Waals surface area contributed by atoms with Gasteiger partial charge in [-0.1, -0.05) is 6.92 Å². The molecule has 2 N–H and O–H groups in total. The maximum atomic E-state index is 10.6. The quantitative estimate of drug-likeness (QED) is 0.637. The summed E-state index contributed by atoms with van der Waals surface area (Å²) < 4.78 is 5.06. The van der Waals surface area contributed by atoms with Crippen LogP contribution in [0.25, 0.3) is 0 Å². The molecule has 1 fully saturated rings. The smallest absolute Gasteiger partial charge is 0.307 e. The zero-order valence-corrected chi connectivity index (χ0v) is 9.58. The summed E-state index contributed by atoms with van der Waals surface area (Å²) >= 11 is 0. The maximum Gasteiger partial charge on any atom is 0.307 e. The Kier molecular flexibility index (Phi) is 4.54. The minimum Gasteiger partial charge on any atom is -0.481 e. The highest BCUT2D eigenvalue weighted by Crippen LogP contribution is 2.48. The van der Waals surface area contributed by atoms with Crippen LogP contribution in [0.15, 0.2) is 0 Å². The van der Waals surface area contributed by atoms with Gasteiger partial charge in [0.15, 0.2) is 0 Å². The van der Waals surface area contributed by atoms with Crippen molar-refractivity contribution in [3.8, 4) is 0 Å². The van der Waals surface area contributed by atoms with E-state index < -0.39 is 5.97 Å². The zero-order chi connectivity index (χ0) is 11.3. The van der Waals surface area contributed by atoms with Gasteiger partial charge in [0, 0.05) is 26.8 Å². The average molecular weight is 215 g/mol. The lowest BCUT2D eigenvalue weighted by molar-refractivity contribution is -0.140. The molecule has 0 aromatic rings. The van der Waals surface area contributed by atoms with Crippen LogP contribution in [-0.2, 0) is 9.53 Å². The predicted octanol–water partition coefficient (Wildman–Crippen LogP) is 1.11. The van der Waals surface area contributed by atoms with Gasteiger partial charge in [0.05, 0.1) is 5.92 Å². The minimum absolute atomic E-state index is 0.303. The summed E-state index contributed by atoms with van der Waals surface area (Å²) in [6, 6.07) is 0. The molecule has 1 unspecified atom stereocenters. The van der Waals surface area contributed by atoms with Crippen molar-refractivity contribution in [2.45, 2.75) is 26.2 Å². The molecule has 1 rings (SSSR count). The topological polar surface area (TPSA) is 58.6 Å². The molecular weight excluding hydrogens is 194 g/mol. The third-order valence-corrected chi connectivity index (χ3v) is 3.17. The lowest BCUT2D eigenvalue weighted by Crippen LogP contribution is -2.31. The van der Waals surface area contributed by atoms with E-state index >= 15 is 0 Å². The van der Waals surface area contributed by atoms with Crippen LogP contribution in [0.4, 0.5) is 0 Å². The molecule has 0 spiro atoms. The van der Waals surface area contributed by atoms with Gasteiger partial charge in [-0.15, -0.1) is 0 Å². The van der Waals surface area contributed by atoms with Gasteiger partial charge in [-0.25, -0.2) is 0 Å². The fourth-order valence-electron chi connectivity index (χ4n) is 1.65. The zero-order valence-electron chi connectivity index (χ0n) is 9.58. The maximum absolute atomic E-state index is 10.6. The second-order valence-corrected chi connectivity index (χ2v) is 4.61. The van der Waals surface area contributed by atoms with Crippen LogP contribution in [0.3, 0.4) is 0 Å². The molecule has 0 aliphatic heterocycles. The number of aliphatic carboxylic acids is 1. The lowest BCUT2D eigenvalue weighted by Gasteiger charge is -2.16. The monoisotopic (exact) mass is 215 g/mol. The number of nitrogens with one attached hydrogen (secondary N) is 1. The van der Waals surface area contributed by atoms with E-state index in [1.165, 1.54) is 12.8 Å². The molecule has 1 aliphatic carbocycles. The van der Waals surface area contributed by atoms with E-state index in [-0.39, 0.29) is 5.92 Å². The van der Waals surface area contributed by atoms with Gasteiger partial charge in [-0.05, 0) is 24.7 Å². The summed E-state index contributed by atoms with van der Waals surface area (Å²) in [6.45, 7) is 4.01. The van der Waals surface area contributed by atoms with E-state index in [0.717, 1.165) is 19.6 Å². The average Bonchev–Trinajstić information content (AvgIpc) is 2.95. The van der Waals surface area contributed by atoms with Crippen molar-refractivity contribution in [1.82, 2.24) is 5.32 Å². The number of hydrogen-bond donors (Lipinski definition) is 2. The lowest BCUT2D eigenvalue weighted by atomic mass is 10.0. The van der Waals surface area contributed by atoms with Crippen molar-refractivity contribution in [2.24, 2.45) is 11.3 Å². The van der Waals surface area contributed by atoms with Gasteiger partial charge in [0.2, 0.25) is 0 Å². The standard InChI is InChI=1S/C11H21NO3/c1-9(10(13)14)7-12-8-11(3-4-11)5-6-15-2/h9,12H,3-8H2,1-2H3,(H,13,14). The molecule has 0 bridgehead atoms. The van der Waals surface area contributed by atoms with Crippen LogP contribution < -0.4 is 5.32 Å². The van der Waals surface area contributed by atoms with Crippen molar-refractivity contribution in [2.75, 3.05) is 26.8 Å². The summed E-state index contributed by atoms with van der Waals surface area (Å²) in [6.07, 6.45) is 3.56. The van der Waals surface area contributed by atoms with Crippen molar-refractivity contribution < 1.29 is 14.6 Å². The number of carboxylic acids is 1. The Morgan fingerprint density at radius 2 is 2.27 bits per heavy atom. The minimum atomic E-state index is -0.732. The molecule has 0 heterocycles. The summed E-state index contributed by atoms with van der Waals surface area (Å²) in [4.78, 5) is 10.6. The number of methoxy groups -OCH3 is 1. The summed E-state index contributed by atoms with van der Waals surface area (Å²) in [7, 11) is 1.72. The molecule has 0 aromatic heterocycles. The number of carbonyl (C=O) groups is 1. The van der Waals surface area contributed by atoms with Crippen molar-refractivity contribution >= 4 is 5.97 Å². The van der Waals surface area contributed by atoms with Gasteiger partial charge < -0.3 is 15.2 Å². The summed E-state index contributed by atoms with van der Waals surface area (Å²) in [5, 5.41) is 12.0. The molecular formula is C11H21NO3. The first-order valence-electron chi connectivity index (χ1n) is 5.52. The van der Waals surface area contributed by atoms with Gasteiger partial charge >= 0.3 is 5.97 Å². The number of hydrogen-bond acceptors (Lipinski definition) is 3. The number of ether oxygens (including phenoxy) is 1. The molecule has 4 heteroatoms. The molecule has 0 saturated heterocycles. The van der Waals surface area contributed by atoms with Crippen molar-refractivity contribution in [3.05, 3.63) is 0 Å². The Morgan fingerprint density at radius 1 is 1.60 bits per heavy atom. The fraction of sp³-hybridized carbons (Fsp3) is 0.909. The Hall–Kier alpha value is -0.610. The van der Waals surface area contributed by atoms with E-state index in [2.05, 4.69) is 5.32 Å². The van der Waals surface area contributed by atoms with E-state index in [9.17, 15) is 4.79 Å². The summed E-state index contributed by atoms with van der Waals surface area (Å²) in [5.74, 6) is -1.03. The SMILES string of the molecule is COCCC1(CNCC(C)C(=O)O)CC1. The number of carboxylic acid groups (broad SMARTS) is 1. The largest absolute Gasteiger partial charge is 0.481 e. The second-order valence-electron chi connectivity index (χ2n) is 4.61. The first-order valence-corrected chi connectivity index (χ1v) is 5.52. The summed E-state index contributed by atoms with van der Waals surface area (Å²) in [5.41, 5.74) is 0.397. The number of rotatable bonds is 8.